The summed E-state index contributed by atoms with van der Waals surface area (Å²) in [4.78, 5) is 12.1. The highest BCUT2D eigenvalue weighted by Gasteiger charge is 2.19. The monoisotopic (exact) mass is 264 g/mol. The van der Waals surface area contributed by atoms with Crippen LogP contribution in [0.1, 0.15) is 17.2 Å². The van der Waals surface area contributed by atoms with E-state index in [4.69, 9.17) is 0 Å². The first-order valence-corrected chi connectivity index (χ1v) is 6.59. The first-order chi connectivity index (χ1) is 8.70. The summed E-state index contributed by atoms with van der Waals surface area (Å²) in [5.41, 5.74) is 1.98. The maximum Gasteiger partial charge on any atom is 0.242 e. The van der Waals surface area contributed by atoms with E-state index in [1.807, 2.05) is 30.1 Å². The Kier molecular flexibility index (Phi) is 4.11. The Morgan fingerprint density at radius 3 is 3.00 bits per heavy atom. The van der Waals surface area contributed by atoms with Gasteiger partial charge in [0.15, 0.2) is 0 Å². The van der Waals surface area contributed by atoms with Gasteiger partial charge in [-0.3, -0.25) is 9.48 Å². The molecular formula is C12H16N4OS. The summed E-state index contributed by atoms with van der Waals surface area (Å²) in [6.45, 7) is 0.556. The van der Waals surface area contributed by atoms with Gasteiger partial charge in [-0.1, -0.05) is 0 Å². The van der Waals surface area contributed by atoms with Crippen LogP contribution in [0, 0.1) is 0 Å². The zero-order valence-corrected chi connectivity index (χ0v) is 11.2. The highest BCUT2D eigenvalue weighted by Crippen LogP contribution is 2.12. The van der Waals surface area contributed by atoms with Crippen LogP contribution in [-0.2, 0) is 18.4 Å². The van der Waals surface area contributed by atoms with Gasteiger partial charge in [0.25, 0.3) is 0 Å². The molecule has 1 amide bonds. The molecule has 0 fully saturated rings. The molecule has 0 aromatic carbocycles. The largest absolute Gasteiger partial charge is 0.350 e. The van der Waals surface area contributed by atoms with E-state index in [1.165, 1.54) is 0 Å². The van der Waals surface area contributed by atoms with Gasteiger partial charge in [0.2, 0.25) is 5.91 Å². The first kappa shape index (κ1) is 12.8. The molecule has 18 heavy (non-hydrogen) atoms. The lowest BCUT2D eigenvalue weighted by Crippen LogP contribution is -2.35. The Labute approximate surface area is 110 Å². The summed E-state index contributed by atoms with van der Waals surface area (Å²) >= 11 is 1.62. The Balaban J connectivity index is 1.97. The number of carbonyl (C=O) groups excluding carboxylic acids is 1. The summed E-state index contributed by atoms with van der Waals surface area (Å²) in [6, 6.07) is 1.64. The lowest BCUT2D eigenvalue weighted by Gasteiger charge is -2.14. The molecule has 0 aliphatic heterocycles. The molecule has 1 atom stereocenters. The second kappa shape index (κ2) is 5.79. The Morgan fingerprint density at radius 1 is 1.61 bits per heavy atom. The van der Waals surface area contributed by atoms with E-state index in [-0.39, 0.29) is 11.9 Å². The van der Waals surface area contributed by atoms with Crippen molar-refractivity contribution >= 4 is 17.2 Å². The second-order valence-corrected chi connectivity index (χ2v) is 4.80. The number of aromatic nitrogens is 2. The number of thiophene rings is 1. The predicted molar refractivity (Wildman–Crippen MR) is 71.2 cm³/mol. The van der Waals surface area contributed by atoms with E-state index in [1.54, 1.807) is 29.3 Å². The third kappa shape index (κ3) is 2.96. The fourth-order valence-corrected chi connectivity index (χ4v) is 2.39. The maximum atomic E-state index is 12.1. The molecule has 0 spiro atoms. The van der Waals surface area contributed by atoms with E-state index in [2.05, 4.69) is 15.7 Å². The minimum Gasteiger partial charge on any atom is -0.350 e. The van der Waals surface area contributed by atoms with E-state index in [0.29, 0.717) is 6.54 Å². The quantitative estimate of drug-likeness (QED) is 0.849. The number of nitrogens with zero attached hydrogens (tertiary/aromatic N) is 2. The molecule has 5 nitrogen and oxygen atoms in total. The average molecular weight is 264 g/mol. The third-order valence-electron chi connectivity index (χ3n) is 2.66. The van der Waals surface area contributed by atoms with E-state index in [0.717, 1.165) is 11.1 Å². The topological polar surface area (TPSA) is 59.0 Å². The van der Waals surface area contributed by atoms with Crippen LogP contribution in [0.4, 0.5) is 0 Å². The molecule has 96 valence electrons. The van der Waals surface area contributed by atoms with Gasteiger partial charge in [-0.05, 0) is 29.4 Å². The molecule has 0 saturated carbocycles. The number of amides is 1. The summed E-state index contributed by atoms with van der Waals surface area (Å²) < 4.78 is 1.69. The summed E-state index contributed by atoms with van der Waals surface area (Å²) in [7, 11) is 3.60. The fraction of sp³-hybridized carbons (Fsp3) is 0.333. The van der Waals surface area contributed by atoms with Crippen LogP contribution in [0.5, 0.6) is 0 Å². The zero-order valence-electron chi connectivity index (χ0n) is 10.4. The lowest BCUT2D eigenvalue weighted by atomic mass is 10.1. The summed E-state index contributed by atoms with van der Waals surface area (Å²) in [5, 5.41) is 14.0. The van der Waals surface area contributed by atoms with E-state index in [9.17, 15) is 4.79 Å². The number of hydrogen-bond donors (Lipinski definition) is 2. The van der Waals surface area contributed by atoms with Gasteiger partial charge in [0, 0.05) is 25.4 Å². The third-order valence-corrected chi connectivity index (χ3v) is 3.39. The molecule has 0 radical (unpaired) electrons. The second-order valence-electron chi connectivity index (χ2n) is 4.02. The Hall–Kier alpha value is -1.66. The minimum absolute atomic E-state index is 0.0447. The van der Waals surface area contributed by atoms with Gasteiger partial charge in [-0.15, -0.1) is 0 Å². The molecule has 0 saturated heterocycles. The molecule has 2 aromatic heterocycles. The van der Waals surface area contributed by atoms with Crippen LogP contribution in [0.15, 0.2) is 29.2 Å². The molecule has 0 aliphatic rings. The van der Waals surface area contributed by atoms with Crippen molar-refractivity contribution in [1.29, 1.82) is 0 Å². The van der Waals surface area contributed by atoms with Crippen molar-refractivity contribution in [2.75, 3.05) is 7.05 Å². The van der Waals surface area contributed by atoms with Crippen molar-refractivity contribution in [1.82, 2.24) is 20.4 Å². The van der Waals surface area contributed by atoms with Gasteiger partial charge in [-0.25, -0.2) is 0 Å². The van der Waals surface area contributed by atoms with Crippen LogP contribution < -0.4 is 10.6 Å². The SMILES string of the molecule is CNC(C(=O)NCc1ccsc1)c1cnn(C)c1. The van der Waals surface area contributed by atoms with Gasteiger partial charge < -0.3 is 10.6 Å². The molecule has 1 unspecified atom stereocenters. The van der Waals surface area contributed by atoms with Crippen molar-refractivity contribution in [2.45, 2.75) is 12.6 Å². The minimum atomic E-state index is -0.364. The van der Waals surface area contributed by atoms with Crippen LogP contribution in [0.2, 0.25) is 0 Å². The van der Waals surface area contributed by atoms with Crippen LogP contribution in [0.3, 0.4) is 0 Å². The normalized spacial score (nSPS) is 12.3. The summed E-state index contributed by atoms with van der Waals surface area (Å²) in [5.74, 6) is -0.0447. The van der Waals surface area contributed by atoms with Crippen molar-refractivity contribution in [3.8, 4) is 0 Å². The number of carbonyl (C=O) groups is 1. The van der Waals surface area contributed by atoms with Crippen molar-refractivity contribution in [3.63, 3.8) is 0 Å². The Bertz CT molecular complexity index is 506. The van der Waals surface area contributed by atoms with E-state index >= 15 is 0 Å². The number of likely N-dealkylation sites (N-methyl/N-ethyl adjacent to an activating group) is 1. The highest BCUT2D eigenvalue weighted by atomic mass is 32.1. The standard InChI is InChI=1S/C12H16N4OS/c1-13-11(10-6-15-16(2)7-10)12(17)14-5-9-3-4-18-8-9/h3-4,6-8,11,13H,5H2,1-2H3,(H,14,17). The highest BCUT2D eigenvalue weighted by molar-refractivity contribution is 7.07. The van der Waals surface area contributed by atoms with Crippen molar-refractivity contribution in [3.05, 3.63) is 40.3 Å². The van der Waals surface area contributed by atoms with Crippen molar-refractivity contribution < 1.29 is 4.79 Å². The lowest BCUT2D eigenvalue weighted by molar-refractivity contribution is -0.123. The molecule has 2 heterocycles. The number of hydrogen-bond acceptors (Lipinski definition) is 4. The maximum absolute atomic E-state index is 12.1. The molecule has 2 N–H and O–H groups in total. The van der Waals surface area contributed by atoms with E-state index < -0.39 is 0 Å². The molecule has 0 bridgehead atoms. The van der Waals surface area contributed by atoms with Crippen LogP contribution >= 0.6 is 11.3 Å². The number of aryl methyl sites for hydroxylation is 1. The average Bonchev–Trinajstić information content (AvgIpc) is 2.99. The number of rotatable bonds is 5. The summed E-state index contributed by atoms with van der Waals surface area (Å²) in [6.07, 6.45) is 3.54. The Morgan fingerprint density at radius 2 is 2.44 bits per heavy atom. The molecule has 2 rings (SSSR count). The smallest absolute Gasteiger partial charge is 0.242 e. The van der Waals surface area contributed by atoms with Gasteiger partial charge in [0.05, 0.1) is 6.20 Å². The van der Waals surface area contributed by atoms with Crippen LogP contribution in [-0.4, -0.2) is 22.7 Å². The predicted octanol–water partition coefficient (Wildman–Crippen LogP) is 1.06. The van der Waals surface area contributed by atoms with Gasteiger partial charge in [-0.2, -0.15) is 16.4 Å². The molecule has 0 aliphatic carbocycles. The first-order valence-electron chi connectivity index (χ1n) is 5.65. The molecule has 2 aromatic rings. The van der Waals surface area contributed by atoms with Gasteiger partial charge in [0.1, 0.15) is 6.04 Å². The van der Waals surface area contributed by atoms with Crippen LogP contribution in [0.25, 0.3) is 0 Å². The van der Waals surface area contributed by atoms with Crippen molar-refractivity contribution in [2.24, 2.45) is 7.05 Å². The molecular weight excluding hydrogens is 248 g/mol. The zero-order chi connectivity index (χ0) is 13.0. The number of nitrogens with one attached hydrogen (secondary N) is 2. The van der Waals surface area contributed by atoms with Gasteiger partial charge >= 0.3 is 0 Å². The molecule has 6 heteroatoms. The fourth-order valence-electron chi connectivity index (χ4n) is 1.72.